The predicted molar refractivity (Wildman–Crippen MR) is 106 cm³/mol. The monoisotopic (exact) mass is 423 g/mol. The van der Waals surface area contributed by atoms with Gasteiger partial charge in [-0.05, 0) is 42.5 Å². The van der Waals surface area contributed by atoms with Gasteiger partial charge in [-0.3, -0.25) is 14.9 Å². The largest absolute Gasteiger partial charge is 0.478 e. The molecule has 0 fully saturated rings. The van der Waals surface area contributed by atoms with E-state index in [-0.39, 0.29) is 39.5 Å². The maximum atomic E-state index is 12.0. The Morgan fingerprint density at radius 2 is 1.55 bits per heavy atom. The van der Waals surface area contributed by atoms with Crippen molar-refractivity contribution in [1.82, 2.24) is 5.43 Å². The second-order valence-electron chi connectivity index (χ2n) is 6.11. The second-order valence-corrected chi connectivity index (χ2v) is 6.11. The lowest BCUT2D eigenvalue weighted by Gasteiger charge is -2.03. The standard InChI is InChI=1S/C20H13N3O8/c24-18(11-1-3-15(4-2-11)23(29)30)22-21-10-16-5-6-17(31-16)12-7-13(19(25)26)9-14(8-12)20(27)28/h1-10H,(H,22,24)(H,25,26)(H,27,28)/b21-10+. The zero-order valence-electron chi connectivity index (χ0n) is 15.5. The van der Waals surface area contributed by atoms with Crippen molar-refractivity contribution in [2.45, 2.75) is 0 Å². The van der Waals surface area contributed by atoms with Crippen LogP contribution in [0.3, 0.4) is 0 Å². The fourth-order valence-corrected chi connectivity index (χ4v) is 2.55. The molecule has 0 bridgehead atoms. The second kappa shape index (κ2) is 8.69. The Hall–Kier alpha value is -4.80. The molecule has 1 heterocycles. The van der Waals surface area contributed by atoms with E-state index in [1.807, 2.05) is 0 Å². The highest BCUT2D eigenvalue weighted by atomic mass is 16.6. The summed E-state index contributed by atoms with van der Waals surface area (Å²) in [4.78, 5) is 44.5. The van der Waals surface area contributed by atoms with Crippen LogP contribution in [0.1, 0.15) is 36.8 Å². The molecule has 156 valence electrons. The van der Waals surface area contributed by atoms with Gasteiger partial charge in [0.2, 0.25) is 0 Å². The first-order valence-electron chi connectivity index (χ1n) is 8.54. The molecule has 3 aromatic rings. The average Bonchev–Trinajstić information content (AvgIpc) is 3.22. The van der Waals surface area contributed by atoms with Crippen molar-refractivity contribution in [3.8, 4) is 11.3 Å². The summed E-state index contributed by atoms with van der Waals surface area (Å²) >= 11 is 0. The summed E-state index contributed by atoms with van der Waals surface area (Å²) in [7, 11) is 0. The number of nitrogens with one attached hydrogen (secondary N) is 1. The van der Waals surface area contributed by atoms with Crippen LogP contribution in [0.4, 0.5) is 5.69 Å². The maximum Gasteiger partial charge on any atom is 0.335 e. The first-order valence-corrected chi connectivity index (χ1v) is 8.54. The van der Waals surface area contributed by atoms with Crippen molar-refractivity contribution in [2.75, 3.05) is 0 Å². The highest BCUT2D eigenvalue weighted by molar-refractivity contribution is 5.96. The number of hydrogen-bond acceptors (Lipinski definition) is 7. The van der Waals surface area contributed by atoms with Crippen molar-refractivity contribution >= 4 is 29.7 Å². The van der Waals surface area contributed by atoms with E-state index in [0.717, 1.165) is 6.07 Å². The van der Waals surface area contributed by atoms with Crippen molar-refractivity contribution < 1.29 is 33.9 Å². The average molecular weight is 423 g/mol. The summed E-state index contributed by atoms with van der Waals surface area (Å²) in [6.07, 6.45) is 1.19. The lowest BCUT2D eigenvalue weighted by Crippen LogP contribution is -2.17. The van der Waals surface area contributed by atoms with Gasteiger partial charge >= 0.3 is 11.9 Å². The zero-order chi connectivity index (χ0) is 22.5. The lowest BCUT2D eigenvalue weighted by atomic mass is 10.0. The number of carbonyl (C=O) groups is 3. The molecule has 31 heavy (non-hydrogen) atoms. The van der Waals surface area contributed by atoms with Gasteiger partial charge in [0.05, 0.1) is 22.3 Å². The minimum absolute atomic E-state index is 0.152. The third kappa shape index (κ3) is 4.98. The number of aromatic carboxylic acids is 2. The summed E-state index contributed by atoms with van der Waals surface area (Å²) in [5.74, 6) is -2.76. The molecular formula is C20H13N3O8. The highest BCUT2D eigenvalue weighted by Gasteiger charge is 2.14. The number of carbonyl (C=O) groups excluding carboxylic acids is 1. The molecule has 2 aromatic carbocycles. The Bertz CT molecular complexity index is 1180. The molecule has 11 heteroatoms. The van der Waals surface area contributed by atoms with Crippen molar-refractivity contribution in [2.24, 2.45) is 5.10 Å². The van der Waals surface area contributed by atoms with E-state index in [0.29, 0.717) is 0 Å². The first kappa shape index (κ1) is 20.9. The molecule has 0 aliphatic rings. The van der Waals surface area contributed by atoms with Gasteiger partial charge in [-0.2, -0.15) is 5.10 Å². The Morgan fingerprint density at radius 3 is 2.10 bits per heavy atom. The fraction of sp³-hybridized carbons (Fsp3) is 0. The van der Waals surface area contributed by atoms with Crippen LogP contribution < -0.4 is 5.43 Å². The summed E-state index contributed by atoms with van der Waals surface area (Å²) in [5.41, 5.74) is 2.07. The smallest absolute Gasteiger partial charge is 0.335 e. The van der Waals surface area contributed by atoms with Crippen molar-refractivity contribution in [1.29, 1.82) is 0 Å². The number of rotatable bonds is 7. The minimum atomic E-state index is -1.29. The van der Waals surface area contributed by atoms with Crippen LogP contribution in [0, 0.1) is 10.1 Å². The third-order valence-electron chi connectivity index (χ3n) is 4.04. The van der Waals surface area contributed by atoms with Crippen LogP contribution in [0.25, 0.3) is 11.3 Å². The summed E-state index contributed by atoms with van der Waals surface area (Å²) in [6, 6.07) is 11.5. The topological polar surface area (TPSA) is 172 Å². The molecular weight excluding hydrogens is 410 g/mol. The zero-order valence-corrected chi connectivity index (χ0v) is 15.5. The van der Waals surface area contributed by atoms with Crippen LogP contribution in [-0.4, -0.2) is 39.2 Å². The number of nitro groups is 1. The van der Waals surface area contributed by atoms with E-state index in [2.05, 4.69) is 10.5 Å². The maximum absolute atomic E-state index is 12.0. The molecule has 0 saturated heterocycles. The van der Waals surface area contributed by atoms with Crippen molar-refractivity contribution in [3.63, 3.8) is 0 Å². The molecule has 0 radical (unpaired) electrons. The fourth-order valence-electron chi connectivity index (χ4n) is 2.55. The van der Waals surface area contributed by atoms with Gasteiger partial charge in [-0.15, -0.1) is 0 Å². The first-order chi connectivity index (χ1) is 14.7. The normalized spacial score (nSPS) is 10.7. The molecule has 0 aliphatic heterocycles. The number of carboxylic acid groups (broad SMARTS) is 2. The summed E-state index contributed by atoms with van der Waals surface area (Å²) in [6.45, 7) is 0. The molecule has 0 spiro atoms. The SMILES string of the molecule is O=C(O)c1cc(C(=O)O)cc(-c2ccc(/C=N/NC(=O)c3ccc([N+](=O)[O-])cc3)o2)c1. The molecule has 0 saturated carbocycles. The van der Waals surface area contributed by atoms with Crippen LogP contribution >= 0.6 is 0 Å². The third-order valence-corrected chi connectivity index (χ3v) is 4.04. The van der Waals surface area contributed by atoms with Crippen LogP contribution in [0.15, 0.2) is 64.1 Å². The number of carboxylic acids is 2. The number of amides is 1. The van der Waals surface area contributed by atoms with Crippen LogP contribution in [0.2, 0.25) is 0 Å². The lowest BCUT2D eigenvalue weighted by molar-refractivity contribution is -0.384. The predicted octanol–water partition coefficient (Wildman–Crippen LogP) is 3.02. The summed E-state index contributed by atoms with van der Waals surface area (Å²) in [5, 5.41) is 32.7. The number of non-ortho nitro benzene ring substituents is 1. The Morgan fingerprint density at radius 1 is 0.935 bits per heavy atom. The van der Waals surface area contributed by atoms with E-state index in [1.165, 1.54) is 54.7 Å². The van der Waals surface area contributed by atoms with Gasteiger partial charge in [0.15, 0.2) is 0 Å². The van der Waals surface area contributed by atoms with Gasteiger partial charge in [0, 0.05) is 23.3 Å². The van der Waals surface area contributed by atoms with E-state index >= 15 is 0 Å². The van der Waals surface area contributed by atoms with Gasteiger partial charge in [-0.1, -0.05) is 0 Å². The number of benzene rings is 2. The van der Waals surface area contributed by atoms with E-state index in [1.54, 1.807) is 0 Å². The van der Waals surface area contributed by atoms with Crippen molar-refractivity contribution in [3.05, 3.63) is 87.2 Å². The molecule has 0 atom stereocenters. The van der Waals surface area contributed by atoms with Crippen LogP contribution in [0.5, 0.6) is 0 Å². The Labute approximate surface area is 173 Å². The highest BCUT2D eigenvalue weighted by Crippen LogP contribution is 2.24. The van der Waals surface area contributed by atoms with Gasteiger partial charge < -0.3 is 14.6 Å². The number of furan rings is 1. The minimum Gasteiger partial charge on any atom is -0.478 e. The molecule has 0 aliphatic carbocycles. The summed E-state index contributed by atoms with van der Waals surface area (Å²) < 4.78 is 5.51. The molecule has 0 unspecified atom stereocenters. The van der Waals surface area contributed by atoms with E-state index in [9.17, 15) is 24.5 Å². The molecule has 1 amide bonds. The number of hydrazone groups is 1. The van der Waals surface area contributed by atoms with Gasteiger partial charge in [0.25, 0.3) is 11.6 Å². The molecule has 3 rings (SSSR count). The quantitative estimate of drug-likeness (QED) is 0.295. The van der Waals surface area contributed by atoms with E-state index in [4.69, 9.17) is 14.6 Å². The Kier molecular flexibility index (Phi) is 5.87. The molecule has 1 aromatic heterocycles. The molecule has 3 N–H and O–H groups in total. The number of nitrogens with zero attached hydrogens (tertiary/aromatic N) is 2. The Balaban J connectivity index is 1.73. The molecule has 11 nitrogen and oxygen atoms in total. The van der Waals surface area contributed by atoms with Gasteiger partial charge in [-0.25, -0.2) is 15.0 Å². The number of hydrogen-bond donors (Lipinski definition) is 3. The van der Waals surface area contributed by atoms with Crippen LogP contribution in [-0.2, 0) is 0 Å². The van der Waals surface area contributed by atoms with E-state index < -0.39 is 22.8 Å². The number of nitro benzene ring substituents is 1. The van der Waals surface area contributed by atoms with Gasteiger partial charge in [0.1, 0.15) is 11.5 Å².